The molecule has 2 fully saturated rings. The van der Waals surface area contributed by atoms with Crippen LogP contribution in [-0.4, -0.2) is 36.0 Å². The van der Waals surface area contributed by atoms with Crippen LogP contribution in [0.2, 0.25) is 5.02 Å². The van der Waals surface area contributed by atoms with Crippen molar-refractivity contribution in [2.45, 2.75) is 51.5 Å². The van der Waals surface area contributed by atoms with Crippen molar-refractivity contribution in [1.29, 1.82) is 0 Å². The van der Waals surface area contributed by atoms with Gasteiger partial charge in [-0.05, 0) is 63.1 Å². The van der Waals surface area contributed by atoms with Gasteiger partial charge in [0.25, 0.3) is 0 Å². The Bertz CT molecular complexity index is 601. The summed E-state index contributed by atoms with van der Waals surface area (Å²) in [5.74, 6) is 1.30. The van der Waals surface area contributed by atoms with E-state index in [2.05, 4.69) is 31.0 Å². The molecule has 1 saturated carbocycles. The van der Waals surface area contributed by atoms with Crippen LogP contribution in [0.1, 0.15) is 51.5 Å². The van der Waals surface area contributed by atoms with Crippen LogP contribution in [0.4, 0.5) is 0 Å². The first-order valence-electron chi connectivity index (χ1n) is 9.15. The van der Waals surface area contributed by atoms with Gasteiger partial charge in [-0.25, -0.2) is 0 Å². The van der Waals surface area contributed by atoms with E-state index in [1.807, 2.05) is 24.3 Å². The molecule has 1 aromatic rings. The number of nitrogens with zero attached hydrogens (tertiary/aromatic N) is 1. The molecule has 1 amide bonds. The standard InChI is InChI=1S/C20H29ClN2O/c1-14-7-6-10-23(12-14)20(2,3)13-22-19(24)17-11-16(17)15-8-4-5-9-18(15)21/h4-5,8-9,14,16-17H,6-7,10-13H2,1-3H3,(H,22,24). The summed E-state index contributed by atoms with van der Waals surface area (Å²) in [5.41, 5.74) is 1.13. The lowest BCUT2D eigenvalue weighted by atomic mass is 9.93. The molecule has 3 rings (SSSR count). The molecule has 4 heteroatoms. The number of carbonyl (C=O) groups is 1. The fourth-order valence-electron chi connectivity index (χ4n) is 3.89. The lowest BCUT2D eigenvalue weighted by Crippen LogP contribution is -2.54. The number of likely N-dealkylation sites (tertiary alicyclic amines) is 1. The van der Waals surface area contributed by atoms with Crippen molar-refractivity contribution in [3.8, 4) is 0 Å². The fourth-order valence-corrected chi connectivity index (χ4v) is 4.17. The highest BCUT2D eigenvalue weighted by molar-refractivity contribution is 6.31. The highest BCUT2D eigenvalue weighted by Crippen LogP contribution is 2.49. The minimum Gasteiger partial charge on any atom is -0.354 e. The molecule has 3 unspecified atom stereocenters. The molecule has 1 N–H and O–H groups in total. The molecule has 0 bridgehead atoms. The summed E-state index contributed by atoms with van der Waals surface area (Å²) in [5, 5.41) is 3.97. The maximum absolute atomic E-state index is 12.5. The number of rotatable bonds is 5. The molecule has 0 radical (unpaired) electrons. The van der Waals surface area contributed by atoms with Crippen LogP contribution >= 0.6 is 11.6 Å². The molecule has 24 heavy (non-hydrogen) atoms. The van der Waals surface area contributed by atoms with E-state index in [-0.39, 0.29) is 23.3 Å². The van der Waals surface area contributed by atoms with Crippen molar-refractivity contribution in [2.24, 2.45) is 11.8 Å². The van der Waals surface area contributed by atoms with Crippen LogP contribution in [0.25, 0.3) is 0 Å². The number of amides is 1. The predicted octanol–water partition coefficient (Wildman–Crippen LogP) is 4.07. The normalized spacial score (nSPS) is 27.8. The third kappa shape index (κ3) is 3.94. The molecule has 1 aliphatic carbocycles. The van der Waals surface area contributed by atoms with E-state index < -0.39 is 0 Å². The van der Waals surface area contributed by atoms with Gasteiger partial charge in [-0.3, -0.25) is 9.69 Å². The molecule has 1 aliphatic heterocycles. The summed E-state index contributed by atoms with van der Waals surface area (Å²) >= 11 is 6.26. The van der Waals surface area contributed by atoms with Crippen molar-refractivity contribution in [3.63, 3.8) is 0 Å². The van der Waals surface area contributed by atoms with Crippen molar-refractivity contribution < 1.29 is 4.79 Å². The fraction of sp³-hybridized carbons (Fsp3) is 0.650. The van der Waals surface area contributed by atoms with Gasteiger partial charge in [0.2, 0.25) is 5.91 Å². The summed E-state index contributed by atoms with van der Waals surface area (Å²) < 4.78 is 0. The zero-order valence-electron chi connectivity index (χ0n) is 15.0. The molecule has 2 aliphatic rings. The third-order valence-corrected chi connectivity index (χ3v) is 5.98. The quantitative estimate of drug-likeness (QED) is 0.869. The smallest absolute Gasteiger partial charge is 0.223 e. The van der Waals surface area contributed by atoms with E-state index in [4.69, 9.17) is 11.6 Å². The Kier molecular flexibility index (Phi) is 5.22. The monoisotopic (exact) mass is 348 g/mol. The third-order valence-electron chi connectivity index (χ3n) is 5.64. The molecule has 3 atom stereocenters. The maximum Gasteiger partial charge on any atom is 0.223 e. The first-order valence-corrected chi connectivity index (χ1v) is 9.53. The van der Waals surface area contributed by atoms with E-state index in [1.165, 1.54) is 12.8 Å². The SMILES string of the molecule is CC1CCCN(C(C)(C)CNC(=O)C2CC2c2ccccc2Cl)C1. The highest BCUT2D eigenvalue weighted by Gasteiger charge is 2.45. The molecule has 1 saturated heterocycles. The van der Waals surface area contributed by atoms with Crippen molar-refractivity contribution in [3.05, 3.63) is 34.9 Å². The number of benzene rings is 1. The lowest BCUT2D eigenvalue weighted by molar-refractivity contribution is -0.123. The summed E-state index contributed by atoms with van der Waals surface area (Å²) in [4.78, 5) is 15.0. The summed E-state index contributed by atoms with van der Waals surface area (Å²) in [6, 6.07) is 7.88. The number of nitrogens with one attached hydrogen (secondary N) is 1. The largest absolute Gasteiger partial charge is 0.354 e. The van der Waals surface area contributed by atoms with Crippen LogP contribution in [0.15, 0.2) is 24.3 Å². The molecular formula is C20H29ClN2O. The van der Waals surface area contributed by atoms with Gasteiger partial charge in [0.05, 0.1) is 0 Å². The summed E-state index contributed by atoms with van der Waals surface area (Å²) in [7, 11) is 0. The van der Waals surface area contributed by atoms with E-state index in [9.17, 15) is 4.79 Å². The number of piperidine rings is 1. The Labute approximate surface area is 150 Å². The van der Waals surface area contributed by atoms with Crippen LogP contribution in [0.3, 0.4) is 0 Å². The topological polar surface area (TPSA) is 32.3 Å². The molecule has 3 nitrogen and oxygen atoms in total. The first kappa shape index (κ1) is 17.8. The van der Waals surface area contributed by atoms with E-state index >= 15 is 0 Å². The van der Waals surface area contributed by atoms with Gasteiger partial charge >= 0.3 is 0 Å². The van der Waals surface area contributed by atoms with Crippen LogP contribution in [0.5, 0.6) is 0 Å². The Morgan fingerprint density at radius 2 is 2.12 bits per heavy atom. The highest BCUT2D eigenvalue weighted by atomic mass is 35.5. The lowest BCUT2D eigenvalue weighted by Gasteiger charge is -2.43. The second-order valence-corrected chi connectivity index (χ2v) is 8.60. The molecule has 132 valence electrons. The average Bonchev–Trinajstić information content (AvgIpc) is 3.34. The number of carbonyl (C=O) groups excluding carboxylic acids is 1. The zero-order valence-corrected chi connectivity index (χ0v) is 15.8. The summed E-state index contributed by atoms with van der Waals surface area (Å²) in [6.07, 6.45) is 3.49. The Balaban J connectivity index is 1.52. The van der Waals surface area contributed by atoms with Crippen molar-refractivity contribution >= 4 is 17.5 Å². The van der Waals surface area contributed by atoms with Gasteiger partial charge in [0, 0.05) is 29.6 Å². The minimum absolute atomic E-state index is 0.0130. The number of halogens is 1. The van der Waals surface area contributed by atoms with E-state index in [1.54, 1.807) is 0 Å². The average molecular weight is 349 g/mol. The maximum atomic E-state index is 12.5. The van der Waals surface area contributed by atoms with E-state index in [0.29, 0.717) is 6.54 Å². The van der Waals surface area contributed by atoms with Crippen LogP contribution < -0.4 is 5.32 Å². The molecule has 1 heterocycles. The minimum atomic E-state index is 0.0130. The summed E-state index contributed by atoms with van der Waals surface area (Å²) in [6.45, 7) is 9.78. The Morgan fingerprint density at radius 1 is 1.38 bits per heavy atom. The van der Waals surface area contributed by atoms with Gasteiger partial charge in [-0.15, -0.1) is 0 Å². The van der Waals surface area contributed by atoms with E-state index in [0.717, 1.165) is 36.0 Å². The van der Waals surface area contributed by atoms with Gasteiger partial charge in [-0.2, -0.15) is 0 Å². The van der Waals surface area contributed by atoms with Crippen molar-refractivity contribution in [1.82, 2.24) is 10.2 Å². The van der Waals surface area contributed by atoms with Gasteiger partial charge in [0.1, 0.15) is 0 Å². The van der Waals surface area contributed by atoms with Crippen LogP contribution in [-0.2, 0) is 4.79 Å². The second kappa shape index (κ2) is 7.05. The first-order chi connectivity index (χ1) is 11.4. The van der Waals surface area contributed by atoms with Gasteiger partial charge in [-0.1, -0.05) is 36.7 Å². The van der Waals surface area contributed by atoms with Crippen LogP contribution in [0, 0.1) is 11.8 Å². The Hall–Kier alpha value is -1.06. The number of hydrogen-bond acceptors (Lipinski definition) is 2. The molecular weight excluding hydrogens is 320 g/mol. The van der Waals surface area contributed by atoms with Crippen molar-refractivity contribution in [2.75, 3.05) is 19.6 Å². The molecule has 0 spiro atoms. The predicted molar refractivity (Wildman–Crippen MR) is 99.4 cm³/mol. The van der Waals surface area contributed by atoms with Gasteiger partial charge < -0.3 is 5.32 Å². The number of hydrogen-bond donors (Lipinski definition) is 1. The molecule has 0 aromatic heterocycles. The zero-order chi connectivity index (χ0) is 17.3. The molecule has 1 aromatic carbocycles. The second-order valence-electron chi connectivity index (χ2n) is 8.19. The Morgan fingerprint density at radius 3 is 2.83 bits per heavy atom. The van der Waals surface area contributed by atoms with Gasteiger partial charge in [0.15, 0.2) is 0 Å².